The maximum atomic E-state index is 12.8. The Morgan fingerprint density at radius 2 is 2.04 bits per heavy atom. The minimum atomic E-state index is -0.174. The number of benzene rings is 1. The summed E-state index contributed by atoms with van der Waals surface area (Å²) in [5.74, 6) is 1.47. The molecule has 0 spiro atoms. The van der Waals surface area contributed by atoms with E-state index in [0.717, 1.165) is 35.6 Å². The first-order chi connectivity index (χ1) is 13.6. The molecule has 1 N–H and O–H groups in total. The smallest absolute Gasteiger partial charge is 0.318 e. The van der Waals surface area contributed by atoms with Gasteiger partial charge in [-0.3, -0.25) is 4.68 Å². The second-order valence-corrected chi connectivity index (χ2v) is 7.06. The summed E-state index contributed by atoms with van der Waals surface area (Å²) < 4.78 is 13.2. The number of nitrogens with one attached hydrogen (secondary N) is 1. The van der Waals surface area contributed by atoms with E-state index in [9.17, 15) is 4.79 Å². The Kier molecular flexibility index (Phi) is 5.06. The number of rotatable bonds is 2. The molecule has 0 saturated heterocycles. The fourth-order valence-corrected chi connectivity index (χ4v) is 3.50. The van der Waals surface area contributed by atoms with Crippen molar-refractivity contribution in [1.82, 2.24) is 20.0 Å². The average molecular weight is 381 g/mol. The molecule has 4 rings (SSSR count). The van der Waals surface area contributed by atoms with Crippen LogP contribution in [0.1, 0.15) is 42.8 Å². The maximum Gasteiger partial charge on any atom is 0.318 e. The highest BCUT2D eigenvalue weighted by atomic mass is 16.5. The number of ether oxygens (including phenoxy) is 2. The van der Waals surface area contributed by atoms with Gasteiger partial charge < -0.3 is 19.7 Å². The molecule has 1 atom stereocenters. The average Bonchev–Trinajstić information content (AvgIpc) is 2.86. The molecule has 0 unspecified atom stereocenters. The molecular formula is C20H23N5O3. The number of nitrogens with zero attached hydrogens (tertiary/aromatic N) is 4. The van der Waals surface area contributed by atoms with Gasteiger partial charge in [0.25, 0.3) is 0 Å². The Morgan fingerprint density at radius 3 is 2.86 bits per heavy atom. The summed E-state index contributed by atoms with van der Waals surface area (Å²) in [5, 5.41) is 16.4. The summed E-state index contributed by atoms with van der Waals surface area (Å²) in [4.78, 5) is 14.6. The molecule has 2 amide bonds. The Labute approximate surface area is 163 Å². The summed E-state index contributed by atoms with van der Waals surface area (Å²) in [7, 11) is 0. The second-order valence-electron chi connectivity index (χ2n) is 7.06. The van der Waals surface area contributed by atoms with Gasteiger partial charge in [0.1, 0.15) is 6.07 Å². The van der Waals surface area contributed by atoms with Crippen molar-refractivity contribution in [3.63, 3.8) is 0 Å². The van der Waals surface area contributed by atoms with E-state index in [1.165, 1.54) is 0 Å². The molecule has 0 saturated carbocycles. The molecule has 2 aliphatic heterocycles. The molecule has 2 aromatic rings. The van der Waals surface area contributed by atoms with Crippen LogP contribution < -0.4 is 14.8 Å². The van der Waals surface area contributed by atoms with Crippen molar-refractivity contribution in [2.75, 3.05) is 19.8 Å². The van der Waals surface area contributed by atoms with Gasteiger partial charge in [-0.15, -0.1) is 0 Å². The van der Waals surface area contributed by atoms with Gasteiger partial charge in [0.05, 0.1) is 31.5 Å². The molecule has 0 aliphatic carbocycles. The highest BCUT2D eigenvalue weighted by Gasteiger charge is 2.22. The van der Waals surface area contributed by atoms with Crippen LogP contribution >= 0.6 is 0 Å². The highest BCUT2D eigenvalue weighted by Crippen LogP contribution is 2.32. The normalized spacial score (nSPS) is 16.9. The summed E-state index contributed by atoms with van der Waals surface area (Å²) in [5.41, 5.74) is 2.23. The number of aryl methyl sites for hydroxylation is 1. The van der Waals surface area contributed by atoms with E-state index in [-0.39, 0.29) is 12.1 Å². The largest absolute Gasteiger partial charge is 0.490 e. The Balaban J connectivity index is 1.44. The van der Waals surface area contributed by atoms with Crippen molar-refractivity contribution >= 4 is 6.03 Å². The fourth-order valence-electron chi connectivity index (χ4n) is 3.50. The first-order valence-corrected chi connectivity index (χ1v) is 9.56. The summed E-state index contributed by atoms with van der Waals surface area (Å²) in [6.07, 6.45) is 1.65. The molecular weight excluding hydrogens is 358 g/mol. The zero-order valence-electron chi connectivity index (χ0n) is 15.9. The lowest BCUT2D eigenvalue weighted by atomic mass is 10.1. The summed E-state index contributed by atoms with van der Waals surface area (Å²) >= 11 is 0. The quantitative estimate of drug-likeness (QED) is 0.863. The van der Waals surface area contributed by atoms with Gasteiger partial charge in [-0.1, -0.05) is 6.07 Å². The lowest BCUT2D eigenvalue weighted by Crippen LogP contribution is -2.40. The Bertz CT molecular complexity index is 917. The van der Waals surface area contributed by atoms with Crippen molar-refractivity contribution in [3.8, 4) is 17.6 Å². The molecule has 8 nitrogen and oxygen atoms in total. The predicted molar refractivity (Wildman–Crippen MR) is 101 cm³/mol. The van der Waals surface area contributed by atoms with E-state index in [1.54, 1.807) is 11.0 Å². The van der Waals surface area contributed by atoms with Crippen LogP contribution in [0.5, 0.6) is 11.5 Å². The Morgan fingerprint density at radius 1 is 1.21 bits per heavy atom. The van der Waals surface area contributed by atoms with Crippen LogP contribution in [-0.4, -0.2) is 40.5 Å². The maximum absolute atomic E-state index is 12.8. The van der Waals surface area contributed by atoms with E-state index >= 15 is 0 Å². The number of urea groups is 1. The lowest BCUT2D eigenvalue weighted by molar-refractivity contribution is 0.192. The van der Waals surface area contributed by atoms with Crippen LogP contribution in [0.15, 0.2) is 24.3 Å². The van der Waals surface area contributed by atoms with E-state index in [4.69, 9.17) is 14.7 Å². The number of hydrogen-bond donors (Lipinski definition) is 1. The lowest BCUT2D eigenvalue weighted by Gasteiger charge is -2.24. The molecule has 28 heavy (non-hydrogen) atoms. The van der Waals surface area contributed by atoms with E-state index in [1.807, 2.05) is 29.8 Å². The second kappa shape index (κ2) is 7.80. The molecule has 1 aromatic carbocycles. The van der Waals surface area contributed by atoms with Gasteiger partial charge in [-0.05, 0) is 37.1 Å². The number of nitriles is 1. The highest BCUT2D eigenvalue weighted by molar-refractivity contribution is 5.74. The van der Waals surface area contributed by atoms with E-state index < -0.39 is 0 Å². The summed E-state index contributed by atoms with van der Waals surface area (Å²) in [6.45, 7) is 5.02. The monoisotopic (exact) mass is 381 g/mol. The van der Waals surface area contributed by atoms with Gasteiger partial charge in [0.15, 0.2) is 17.2 Å². The van der Waals surface area contributed by atoms with Crippen LogP contribution in [0.3, 0.4) is 0 Å². The number of amides is 2. The third kappa shape index (κ3) is 3.74. The van der Waals surface area contributed by atoms with Gasteiger partial charge in [0.2, 0.25) is 0 Å². The number of fused-ring (bicyclic) bond motifs is 2. The number of hydrogen-bond acceptors (Lipinski definition) is 5. The molecule has 0 fully saturated rings. The van der Waals surface area contributed by atoms with Gasteiger partial charge >= 0.3 is 6.03 Å². The number of aromatic nitrogens is 2. The van der Waals surface area contributed by atoms with Crippen molar-refractivity contribution in [2.45, 2.75) is 38.9 Å². The molecule has 2 aliphatic rings. The fraction of sp³-hybridized carbons (Fsp3) is 0.450. The molecule has 0 bridgehead atoms. The topological polar surface area (TPSA) is 92.4 Å². The first kappa shape index (κ1) is 18.2. The van der Waals surface area contributed by atoms with Gasteiger partial charge in [-0.2, -0.15) is 10.4 Å². The molecule has 8 heteroatoms. The van der Waals surface area contributed by atoms with Crippen molar-refractivity contribution < 1.29 is 14.3 Å². The van der Waals surface area contributed by atoms with Crippen LogP contribution in [0.4, 0.5) is 4.79 Å². The first-order valence-electron chi connectivity index (χ1n) is 9.56. The van der Waals surface area contributed by atoms with Crippen LogP contribution in [0, 0.1) is 11.3 Å². The Hall–Kier alpha value is -3.21. The van der Waals surface area contributed by atoms with Crippen LogP contribution in [-0.2, 0) is 13.1 Å². The minimum absolute atomic E-state index is 0.132. The SMILES string of the molecule is C[C@@H](NC(=O)N1CCCn2nc(C#N)cc2C1)c1ccc2c(c1)OCCCO2. The van der Waals surface area contributed by atoms with Crippen molar-refractivity contribution in [1.29, 1.82) is 5.26 Å². The summed E-state index contributed by atoms with van der Waals surface area (Å²) in [6, 6.07) is 9.28. The van der Waals surface area contributed by atoms with Crippen molar-refractivity contribution in [2.24, 2.45) is 0 Å². The van der Waals surface area contributed by atoms with Crippen LogP contribution in [0.25, 0.3) is 0 Å². The van der Waals surface area contributed by atoms with Crippen LogP contribution in [0.2, 0.25) is 0 Å². The molecule has 1 aromatic heterocycles. The van der Waals surface area contributed by atoms with E-state index in [0.29, 0.717) is 38.5 Å². The molecule has 3 heterocycles. The number of carbonyl (C=O) groups excluding carboxylic acids is 1. The molecule has 0 radical (unpaired) electrons. The predicted octanol–water partition coefficient (Wildman–Crippen LogP) is 2.59. The number of carbonyl (C=O) groups is 1. The van der Waals surface area contributed by atoms with Gasteiger partial charge in [0, 0.05) is 19.5 Å². The third-order valence-corrected chi connectivity index (χ3v) is 5.03. The van der Waals surface area contributed by atoms with E-state index in [2.05, 4.69) is 16.5 Å². The van der Waals surface area contributed by atoms with Gasteiger partial charge in [-0.25, -0.2) is 4.79 Å². The van der Waals surface area contributed by atoms with Crippen molar-refractivity contribution in [3.05, 3.63) is 41.2 Å². The zero-order chi connectivity index (χ0) is 19.5. The minimum Gasteiger partial charge on any atom is -0.490 e. The zero-order valence-corrected chi connectivity index (χ0v) is 15.9. The molecule has 146 valence electrons. The third-order valence-electron chi connectivity index (χ3n) is 5.03. The standard InChI is InChI=1S/C20H23N5O3/c1-14(15-4-5-18-19(10-15)28-9-3-8-27-18)22-20(26)24-6-2-7-25-17(13-24)11-16(12-21)23-25/h4-5,10-11,14H,2-3,6-9,13H2,1H3,(H,22,26)/t14-/m1/s1.